The molecule has 0 aliphatic rings. The van der Waals surface area contributed by atoms with Gasteiger partial charge in [-0.1, -0.05) is 12.1 Å². The summed E-state index contributed by atoms with van der Waals surface area (Å²) in [6, 6.07) is 15.4. The first-order chi connectivity index (χ1) is 9.51. The molecular weight excluding hydrogens is 387 g/mol. The van der Waals surface area contributed by atoms with Crippen LogP contribution in [0.3, 0.4) is 0 Å². The van der Waals surface area contributed by atoms with E-state index < -0.39 is 10.0 Å². The van der Waals surface area contributed by atoms with E-state index in [0.29, 0.717) is 12.1 Å². The second-order valence-corrected chi connectivity index (χ2v) is 7.02. The second kappa shape index (κ2) is 6.24. The molecule has 6 heteroatoms. The lowest BCUT2D eigenvalue weighted by Gasteiger charge is -2.08. The molecule has 0 bridgehead atoms. The number of hydrogen-bond donors (Lipinski definition) is 1. The topological polar surface area (TPSA) is 70.0 Å². The van der Waals surface area contributed by atoms with E-state index >= 15 is 0 Å². The lowest BCUT2D eigenvalue weighted by Crippen LogP contribution is -2.12. The monoisotopic (exact) mass is 398 g/mol. The number of sulfonamides is 1. The number of anilines is 1. The molecule has 0 spiro atoms. The Balaban J connectivity index is 2.20. The van der Waals surface area contributed by atoms with Crippen LogP contribution in [0.1, 0.15) is 5.56 Å². The summed E-state index contributed by atoms with van der Waals surface area (Å²) in [5, 5.41) is 8.58. The fourth-order valence-corrected chi connectivity index (χ4v) is 3.03. The van der Waals surface area contributed by atoms with Gasteiger partial charge in [-0.2, -0.15) is 5.26 Å². The van der Waals surface area contributed by atoms with Gasteiger partial charge >= 0.3 is 0 Å². The van der Waals surface area contributed by atoms with Gasteiger partial charge in [0.25, 0.3) is 10.0 Å². The normalized spacial score (nSPS) is 10.8. The molecule has 0 saturated carbocycles. The van der Waals surface area contributed by atoms with Crippen LogP contribution in [-0.2, 0) is 16.4 Å². The average molecular weight is 398 g/mol. The van der Waals surface area contributed by atoms with Crippen molar-refractivity contribution < 1.29 is 8.42 Å². The Morgan fingerprint density at radius 3 is 2.20 bits per heavy atom. The Hall–Kier alpha value is -1.59. The molecule has 0 radical (unpaired) electrons. The highest BCUT2D eigenvalue weighted by atomic mass is 127. The van der Waals surface area contributed by atoms with Crippen molar-refractivity contribution in [1.29, 1.82) is 5.26 Å². The van der Waals surface area contributed by atoms with Gasteiger partial charge in [0.15, 0.2) is 0 Å². The van der Waals surface area contributed by atoms with Crippen LogP contribution in [0, 0.1) is 14.9 Å². The number of nitriles is 1. The minimum Gasteiger partial charge on any atom is -0.280 e. The van der Waals surface area contributed by atoms with Crippen molar-refractivity contribution in [2.45, 2.75) is 11.3 Å². The van der Waals surface area contributed by atoms with Crippen molar-refractivity contribution in [1.82, 2.24) is 0 Å². The highest BCUT2D eigenvalue weighted by molar-refractivity contribution is 14.1. The summed E-state index contributed by atoms with van der Waals surface area (Å²) in [6.45, 7) is 0. The number of halogens is 1. The fraction of sp³-hybridized carbons (Fsp3) is 0.0714. The van der Waals surface area contributed by atoms with Crippen LogP contribution in [-0.4, -0.2) is 8.42 Å². The van der Waals surface area contributed by atoms with Gasteiger partial charge in [-0.05, 0) is 64.6 Å². The first kappa shape index (κ1) is 14.8. The van der Waals surface area contributed by atoms with E-state index in [9.17, 15) is 8.42 Å². The molecule has 2 aromatic carbocycles. The Morgan fingerprint density at radius 1 is 1.05 bits per heavy atom. The predicted molar refractivity (Wildman–Crippen MR) is 85.7 cm³/mol. The Labute approximate surface area is 131 Å². The Morgan fingerprint density at radius 2 is 1.65 bits per heavy atom. The lowest BCUT2D eigenvalue weighted by molar-refractivity contribution is 0.601. The number of nitrogens with one attached hydrogen (secondary N) is 1. The van der Waals surface area contributed by atoms with Crippen LogP contribution >= 0.6 is 22.6 Å². The smallest absolute Gasteiger partial charge is 0.261 e. The van der Waals surface area contributed by atoms with Crippen molar-refractivity contribution in [2.24, 2.45) is 0 Å². The molecule has 0 saturated heterocycles. The van der Waals surface area contributed by atoms with E-state index in [1.54, 1.807) is 48.5 Å². The molecule has 1 N–H and O–H groups in total. The summed E-state index contributed by atoms with van der Waals surface area (Å²) in [4.78, 5) is 0.221. The molecule has 0 atom stereocenters. The lowest BCUT2D eigenvalue weighted by atomic mass is 10.1. The third kappa shape index (κ3) is 3.71. The average Bonchev–Trinajstić information content (AvgIpc) is 2.41. The highest BCUT2D eigenvalue weighted by Crippen LogP contribution is 2.17. The number of hydrogen-bond acceptors (Lipinski definition) is 3. The molecule has 0 fully saturated rings. The Kier molecular flexibility index (Phi) is 4.62. The van der Waals surface area contributed by atoms with Crippen LogP contribution in [0.4, 0.5) is 5.69 Å². The first-order valence-electron chi connectivity index (χ1n) is 5.75. The van der Waals surface area contributed by atoms with Gasteiger partial charge in [0.05, 0.1) is 17.4 Å². The molecular formula is C14H11IN2O2S. The zero-order chi connectivity index (χ0) is 14.6. The van der Waals surface area contributed by atoms with Crippen molar-refractivity contribution in [3.8, 4) is 6.07 Å². The van der Waals surface area contributed by atoms with E-state index in [2.05, 4.69) is 27.3 Å². The minimum atomic E-state index is -3.57. The molecule has 2 rings (SSSR count). The number of nitrogens with zero attached hydrogens (tertiary/aromatic N) is 1. The summed E-state index contributed by atoms with van der Waals surface area (Å²) in [7, 11) is -3.57. The highest BCUT2D eigenvalue weighted by Gasteiger charge is 2.13. The predicted octanol–water partition coefficient (Wildman–Crippen LogP) is 3.16. The van der Waals surface area contributed by atoms with Crippen LogP contribution in [0.5, 0.6) is 0 Å². The maximum atomic E-state index is 12.2. The van der Waals surface area contributed by atoms with Crippen molar-refractivity contribution in [3.05, 3.63) is 57.7 Å². The van der Waals surface area contributed by atoms with Gasteiger partial charge in [-0.3, -0.25) is 4.72 Å². The van der Waals surface area contributed by atoms with Crippen LogP contribution in [0.15, 0.2) is 53.4 Å². The molecule has 0 amide bonds. The maximum absolute atomic E-state index is 12.2. The van der Waals surface area contributed by atoms with E-state index in [4.69, 9.17) is 5.26 Å². The van der Waals surface area contributed by atoms with Gasteiger partial charge in [0.1, 0.15) is 0 Å². The quantitative estimate of drug-likeness (QED) is 0.805. The van der Waals surface area contributed by atoms with Gasteiger partial charge in [0.2, 0.25) is 0 Å². The van der Waals surface area contributed by atoms with Gasteiger partial charge in [-0.15, -0.1) is 0 Å². The second-order valence-electron chi connectivity index (χ2n) is 4.09. The van der Waals surface area contributed by atoms with Gasteiger partial charge in [-0.25, -0.2) is 8.42 Å². The fourth-order valence-electron chi connectivity index (χ4n) is 1.61. The van der Waals surface area contributed by atoms with Crippen molar-refractivity contribution in [2.75, 3.05) is 4.72 Å². The maximum Gasteiger partial charge on any atom is 0.261 e. The molecule has 4 nitrogen and oxygen atoms in total. The third-order valence-electron chi connectivity index (χ3n) is 2.61. The zero-order valence-corrected chi connectivity index (χ0v) is 13.3. The molecule has 0 aliphatic carbocycles. The summed E-state index contributed by atoms with van der Waals surface area (Å²) < 4.78 is 27.8. The molecule has 0 unspecified atom stereocenters. The molecule has 0 aromatic heterocycles. The first-order valence-corrected chi connectivity index (χ1v) is 8.32. The molecule has 0 aliphatic heterocycles. The van der Waals surface area contributed by atoms with Crippen LogP contribution in [0.25, 0.3) is 0 Å². The number of rotatable bonds is 4. The molecule has 0 heterocycles. The van der Waals surface area contributed by atoms with Crippen LogP contribution in [0.2, 0.25) is 0 Å². The summed E-state index contributed by atoms with van der Waals surface area (Å²) in [5.74, 6) is 0. The largest absolute Gasteiger partial charge is 0.280 e. The van der Waals surface area contributed by atoms with E-state index in [0.717, 1.165) is 9.13 Å². The molecule has 2 aromatic rings. The molecule has 102 valence electrons. The van der Waals surface area contributed by atoms with Crippen LogP contribution < -0.4 is 4.72 Å². The van der Waals surface area contributed by atoms with Gasteiger partial charge in [0, 0.05) is 9.26 Å². The van der Waals surface area contributed by atoms with Crippen molar-refractivity contribution in [3.63, 3.8) is 0 Å². The standard InChI is InChI=1S/C14H11IN2O2S/c15-12-3-7-14(8-4-12)20(18,19)17-13-5-1-11(2-6-13)9-10-16/h1-8,17H,9H2. The molecule has 20 heavy (non-hydrogen) atoms. The third-order valence-corrected chi connectivity index (χ3v) is 4.73. The number of benzene rings is 2. The van der Waals surface area contributed by atoms with E-state index in [1.807, 2.05) is 6.07 Å². The van der Waals surface area contributed by atoms with Crippen molar-refractivity contribution >= 4 is 38.3 Å². The zero-order valence-electron chi connectivity index (χ0n) is 10.4. The summed E-state index contributed by atoms with van der Waals surface area (Å²) in [5.41, 5.74) is 1.33. The summed E-state index contributed by atoms with van der Waals surface area (Å²) in [6.07, 6.45) is 0.310. The SMILES string of the molecule is N#CCc1ccc(NS(=O)(=O)c2ccc(I)cc2)cc1. The Bertz CT molecular complexity index is 732. The van der Waals surface area contributed by atoms with E-state index in [-0.39, 0.29) is 4.90 Å². The van der Waals surface area contributed by atoms with Gasteiger partial charge < -0.3 is 0 Å². The minimum absolute atomic E-state index is 0.221. The van der Waals surface area contributed by atoms with E-state index in [1.165, 1.54) is 0 Å². The summed E-state index contributed by atoms with van der Waals surface area (Å²) >= 11 is 2.12.